The maximum absolute atomic E-state index is 13.7. The second-order valence-corrected chi connectivity index (χ2v) is 8.36. The summed E-state index contributed by atoms with van der Waals surface area (Å²) in [6, 6.07) is 9.75. The molecule has 0 bridgehead atoms. The van der Waals surface area contributed by atoms with Crippen molar-refractivity contribution in [2.45, 2.75) is 12.2 Å². The van der Waals surface area contributed by atoms with Gasteiger partial charge in [0.1, 0.15) is 23.1 Å². The minimum Gasteiger partial charge on any atom is -0.507 e. The van der Waals surface area contributed by atoms with Gasteiger partial charge >= 0.3 is 6.18 Å². The van der Waals surface area contributed by atoms with Gasteiger partial charge < -0.3 is 14.6 Å². The Labute approximate surface area is 213 Å². The topological polar surface area (TPSA) is 76.1 Å². The number of rotatable bonds is 5. The Morgan fingerprint density at radius 1 is 0.946 bits per heavy atom. The zero-order valence-electron chi connectivity index (χ0n) is 19.3. The summed E-state index contributed by atoms with van der Waals surface area (Å²) in [5.74, 6) is -3.26. The summed E-state index contributed by atoms with van der Waals surface area (Å²) in [6.45, 7) is 0. The second-order valence-electron chi connectivity index (χ2n) is 7.95. The Balaban J connectivity index is 1.96. The Hall–Kier alpha value is -4.05. The van der Waals surface area contributed by atoms with Gasteiger partial charge in [0.2, 0.25) is 0 Å². The van der Waals surface area contributed by atoms with E-state index in [9.17, 15) is 32.3 Å². The standard InChI is InChI=1S/C26H18ClF4NO5/c1-36-19-12-18(27)20(37-2)11-17(19)23(33)21-22(13-3-7-15(28)8-4-13)32(25(35)24(21)34)16-9-5-14(6-10-16)26(29,30)31/h3-12,22,33H,1-2H3/b23-21+. The first kappa shape index (κ1) is 26.0. The van der Waals surface area contributed by atoms with Gasteiger partial charge in [-0.05, 0) is 48.0 Å². The molecule has 1 atom stereocenters. The van der Waals surface area contributed by atoms with Gasteiger partial charge in [-0.3, -0.25) is 14.5 Å². The third-order valence-corrected chi connectivity index (χ3v) is 6.13. The van der Waals surface area contributed by atoms with Gasteiger partial charge in [-0.25, -0.2) is 4.39 Å². The molecule has 3 aromatic carbocycles. The zero-order chi connectivity index (χ0) is 27.1. The van der Waals surface area contributed by atoms with E-state index in [0.29, 0.717) is 0 Å². The van der Waals surface area contributed by atoms with Crippen LogP contribution in [0.5, 0.6) is 11.5 Å². The molecule has 3 aromatic rings. The van der Waals surface area contributed by atoms with Crippen molar-refractivity contribution < 1.29 is 41.7 Å². The molecule has 1 amide bonds. The molecule has 0 radical (unpaired) electrons. The van der Waals surface area contributed by atoms with Crippen molar-refractivity contribution in [1.82, 2.24) is 0 Å². The normalized spacial score (nSPS) is 17.3. The van der Waals surface area contributed by atoms with E-state index in [0.717, 1.165) is 41.3 Å². The van der Waals surface area contributed by atoms with Gasteiger partial charge in [0, 0.05) is 11.8 Å². The number of halogens is 5. The van der Waals surface area contributed by atoms with Crippen LogP contribution in [0.15, 0.2) is 66.2 Å². The maximum Gasteiger partial charge on any atom is 0.416 e. The molecule has 0 saturated carbocycles. The number of amides is 1. The van der Waals surface area contributed by atoms with Crippen LogP contribution in [0.2, 0.25) is 5.02 Å². The fourth-order valence-corrected chi connectivity index (χ4v) is 4.29. The highest BCUT2D eigenvalue weighted by molar-refractivity contribution is 6.51. The number of methoxy groups -OCH3 is 2. The fraction of sp³-hybridized carbons (Fsp3) is 0.154. The summed E-state index contributed by atoms with van der Waals surface area (Å²) in [4.78, 5) is 27.4. The number of aliphatic hydroxyl groups excluding tert-OH is 1. The van der Waals surface area contributed by atoms with Crippen LogP contribution in [0, 0.1) is 5.82 Å². The summed E-state index contributed by atoms with van der Waals surface area (Å²) in [7, 11) is 2.63. The second kappa shape index (κ2) is 9.78. The monoisotopic (exact) mass is 535 g/mol. The van der Waals surface area contributed by atoms with E-state index in [1.165, 1.54) is 38.5 Å². The number of anilines is 1. The molecule has 1 fully saturated rings. The average molecular weight is 536 g/mol. The van der Waals surface area contributed by atoms with E-state index in [4.69, 9.17) is 21.1 Å². The van der Waals surface area contributed by atoms with Crippen molar-refractivity contribution in [3.8, 4) is 11.5 Å². The lowest BCUT2D eigenvalue weighted by atomic mass is 9.94. The quantitative estimate of drug-likeness (QED) is 0.184. The zero-order valence-corrected chi connectivity index (χ0v) is 20.0. The smallest absolute Gasteiger partial charge is 0.416 e. The van der Waals surface area contributed by atoms with E-state index in [-0.39, 0.29) is 38.9 Å². The molecule has 37 heavy (non-hydrogen) atoms. The molecule has 1 heterocycles. The number of ether oxygens (including phenoxy) is 2. The average Bonchev–Trinajstić information content (AvgIpc) is 3.13. The molecule has 1 N–H and O–H groups in total. The third kappa shape index (κ3) is 4.72. The number of Topliss-reactive ketones (excluding diaryl/α,β-unsaturated/α-hetero) is 1. The SMILES string of the molecule is COc1cc(/C(O)=C2\C(=O)C(=O)N(c3ccc(C(F)(F)F)cc3)C2c2ccc(F)cc2)c(OC)cc1Cl. The van der Waals surface area contributed by atoms with Crippen molar-refractivity contribution in [2.75, 3.05) is 19.1 Å². The van der Waals surface area contributed by atoms with Crippen LogP contribution >= 0.6 is 11.6 Å². The molecule has 11 heteroatoms. The number of carbonyl (C=O) groups excluding carboxylic acids is 2. The summed E-state index contributed by atoms with van der Waals surface area (Å²) < 4.78 is 63.4. The number of hydrogen-bond donors (Lipinski definition) is 1. The number of carbonyl (C=O) groups is 2. The number of aliphatic hydroxyl groups is 1. The Morgan fingerprint density at radius 2 is 1.54 bits per heavy atom. The van der Waals surface area contributed by atoms with Gasteiger partial charge in [0.05, 0.1) is 42.0 Å². The summed E-state index contributed by atoms with van der Waals surface area (Å²) >= 11 is 6.14. The number of ketones is 1. The van der Waals surface area contributed by atoms with Crippen molar-refractivity contribution >= 4 is 34.7 Å². The summed E-state index contributed by atoms with van der Waals surface area (Å²) in [6.07, 6.45) is -4.62. The maximum atomic E-state index is 13.7. The van der Waals surface area contributed by atoms with Crippen molar-refractivity contribution in [3.63, 3.8) is 0 Å². The Kier molecular flexibility index (Phi) is 6.88. The number of hydrogen-bond acceptors (Lipinski definition) is 5. The van der Waals surface area contributed by atoms with E-state index in [2.05, 4.69) is 0 Å². The van der Waals surface area contributed by atoms with Crippen LogP contribution in [-0.2, 0) is 15.8 Å². The molecule has 192 valence electrons. The first-order valence-corrected chi connectivity index (χ1v) is 11.0. The van der Waals surface area contributed by atoms with Gasteiger partial charge in [0.15, 0.2) is 0 Å². The lowest BCUT2D eigenvalue weighted by Gasteiger charge is -2.26. The number of nitrogens with zero attached hydrogens (tertiary/aromatic N) is 1. The van der Waals surface area contributed by atoms with Crippen LogP contribution < -0.4 is 14.4 Å². The van der Waals surface area contributed by atoms with E-state index >= 15 is 0 Å². The highest BCUT2D eigenvalue weighted by Gasteiger charge is 2.47. The Bertz CT molecular complexity index is 1400. The molecule has 6 nitrogen and oxygen atoms in total. The van der Waals surface area contributed by atoms with Crippen LogP contribution in [0.3, 0.4) is 0 Å². The molecule has 4 rings (SSSR count). The predicted octanol–water partition coefficient (Wildman–Crippen LogP) is 6.14. The highest BCUT2D eigenvalue weighted by atomic mass is 35.5. The molecule has 1 aliphatic heterocycles. The van der Waals surface area contributed by atoms with Crippen LogP contribution in [0.25, 0.3) is 5.76 Å². The van der Waals surface area contributed by atoms with Crippen molar-refractivity contribution in [1.29, 1.82) is 0 Å². The molecular weight excluding hydrogens is 518 g/mol. The minimum absolute atomic E-state index is 0.0266. The Morgan fingerprint density at radius 3 is 2.08 bits per heavy atom. The van der Waals surface area contributed by atoms with Crippen molar-refractivity contribution in [3.05, 3.63) is 93.8 Å². The predicted molar refractivity (Wildman–Crippen MR) is 127 cm³/mol. The highest BCUT2D eigenvalue weighted by Crippen LogP contribution is 2.45. The first-order valence-electron chi connectivity index (χ1n) is 10.6. The van der Waals surface area contributed by atoms with Crippen molar-refractivity contribution in [2.24, 2.45) is 0 Å². The molecular formula is C26H18ClF4NO5. The van der Waals surface area contributed by atoms with Crippen LogP contribution in [0.1, 0.15) is 22.7 Å². The third-order valence-electron chi connectivity index (χ3n) is 5.83. The molecule has 0 spiro atoms. The van der Waals surface area contributed by atoms with Gasteiger partial charge in [-0.2, -0.15) is 13.2 Å². The lowest BCUT2D eigenvalue weighted by molar-refractivity contribution is -0.137. The first-order chi connectivity index (χ1) is 17.5. The van der Waals surface area contributed by atoms with Crippen LogP contribution in [-0.4, -0.2) is 31.0 Å². The summed E-state index contributed by atoms with van der Waals surface area (Å²) in [5, 5.41) is 11.5. The van der Waals surface area contributed by atoms with E-state index < -0.39 is 41.0 Å². The van der Waals surface area contributed by atoms with Gasteiger partial charge in [0.25, 0.3) is 11.7 Å². The largest absolute Gasteiger partial charge is 0.507 e. The lowest BCUT2D eigenvalue weighted by Crippen LogP contribution is -2.29. The minimum atomic E-state index is -4.62. The van der Waals surface area contributed by atoms with Gasteiger partial charge in [-0.15, -0.1) is 0 Å². The number of benzene rings is 3. The fourth-order valence-electron chi connectivity index (χ4n) is 4.06. The van der Waals surface area contributed by atoms with Crippen LogP contribution in [0.4, 0.5) is 23.2 Å². The molecule has 0 aliphatic carbocycles. The number of alkyl halides is 3. The van der Waals surface area contributed by atoms with Gasteiger partial charge in [-0.1, -0.05) is 23.7 Å². The molecule has 1 aliphatic rings. The van der Waals surface area contributed by atoms with E-state index in [1.807, 2.05) is 0 Å². The summed E-state index contributed by atoms with van der Waals surface area (Å²) in [5.41, 5.74) is -1.18. The molecule has 1 unspecified atom stereocenters. The van der Waals surface area contributed by atoms with E-state index in [1.54, 1.807) is 0 Å². The molecule has 1 saturated heterocycles. The molecule has 0 aromatic heterocycles.